The first-order chi connectivity index (χ1) is 5.02. The average molecular weight is 181 g/mol. The first-order valence-electron chi connectivity index (χ1n) is 2.65. The number of alkyl halides is 3. The van der Waals surface area contributed by atoms with E-state index in [2.05, 4.69) is 16.0 Å². The second-order valence-corrected chi connectivity index (χ2v) is 2.31. The maximum absolute atomic E-state index is 12.1. The van der Waals surface area contributed by atoms with Crippen molar-refractivity contribution in [3.8, 4) is 0 Å². The standard InChI is InChI=1S/C6H3ClF2O2/c7-6(8,9)5(10)4-1-2-11-3-4/h1-3H. The molecule has 0 aliphatic heterocycles. The Balaban J connectivity index is 2.88. The van der Waals surface area contributed by atoms with Gasteiger partial charge in [-0.2, -0.15) is 8.78 Å². The molecule has 0 saturated carbocycles. The summed E-state index contributed by atoms with van der Waals surface area (Å²) in [7, 11) is 0. The lowest BCUT2D eigenvalue weighted by Crippen LogP contribution is -2.20. The molecule has 2 nitrogen and oxygen atoms in total. The minimum absolute atomic E-state index is 0.231. The molecule has 0 atom stereocenters. The quantitative estimate of drug-likeness (QED) is 0.516. The molecule has 1 rings (SSSR count). The van der Waals surface area contributed by atoms with Gasteiger partial charge in [0.1, 0.15) is 6.26 Å². The molecule has 60 valence electrons. The van der Waals surface area contributed by atoms with Crippen LogP contribution in [0, 0.1) is 0 Å². The van der Waals surface area contributed by atoms with Crippen LogP contribution >= 0.6 is 11.6 Å². The molecule has 11 heavy (non-hydrogen) atoms. The molecule has 1 heterocycles. The molecular formula is C6H3ClF2O2. The molecule has 0 bridgehead atoms. The third kappa shape index (κ3) is 1.77. The Morgan fingerprint density at radius 1 is 1.64 bits per heavy atom. The molecular weight excluding hydrogens is 178 g/mol. The molecule has 0 aliphatic carbocycles. The molecule has 0 fully saturated rings. The van der Waals surface area contributed by atoms with Gasteiger partial charge in [0.05, 0.1) is 11.8 Å². The summed E-state index contributed by atoms with van der Waals surface area (Å²) in [5.74, 6) is -1.45. The first kappa shape index (κ1) is 8.20. The molecule has 0 aliphatic rings. The summed E-state index contributed by atoms with van der Waals surface area (Å²) in [6.07, 6.45) is 2.04. The van der Waals surface area contributed by atoms with Gasteiger partial charge in [-0.3, -0.25) is 4.79 Å². The van der Waals surface area contributed by atoms with E-state index in [-0.39, 0.29) is 5.56 Å². The summed E-state index contributed by atoms with van der Waals surface area (Å²) < 4.78 is 28.5. The van der Waals surface area contributed by atoms with Gasteiger partial charge in [0.25, 0.3) is 5.78 Å². The predicted octanol–water partition coefficient (Wildman–Crippen LogP) is 2.29. The number of halogens is 3. The first-order valence-corrected chi connectivity index (χ1v) is 3.03. The van der Waals surface area contributed by atoms with Crippen LogP contribution in [-0.4, -0.2) is 11.2 Å². The molecule has 0 unspecified atom stereocenters. The van der Waals surface area contributed by atoms with Crippen molar-refractivity contribution < 1.29 is 18.0 Å². The predicted molar refractivity (Wildman–Crippen MR) is 33.8 cm³/mol. The van der Waals surface area contributed by atoms with Crippen molar-refractivity contribution in [1.82, 2.24) is 0 Å². The molecule has 0 N–H and O–H groups in total. The van der Waals surface area contributed by atoms with Gasteiger partial charge < -0.3 is 4.42 Å². The van der Waals surface area contributed by atoms with Crippen molar-refractivity contribution in [1.29, 1.82) is 0 Å². The third-order valence-corrected chi connectivity index (χ3v) is 1.21. The van der Waals surface area contributed by atoms with Crippen LogP contribution < -0.4 is 0 Å². The number of hydrogen-bond donors (Lipinski definition) is 0. The second-order valence-electron chi connectivity index (χ2n) is 1.84. The largest absolute Gasteiger partial charge is 0.472 e. The van der Waals surface area contributed by atoms with Crippen molar-refractivity contribution in [2.45, 2.75) is 5.38 Å². The summed E-state index contributed by atoms with van der Waals surface area (Å²) in [5, 5.41) is -3.84. The van der Waals surface area contributed by atoms with Gasteiger partial charge in [-0.1, -0.05) is 0 Å². The van der Waals surface area contributed by atoms with E-state index in [0.717, 1.165) is 18.6 Å². The van der Waals surface area contributed by atoms with Crippen LogP contribution in [0.4, 0.5) is 8.78 Å². The van der Waals surface area contributed by atoms with Crippen LogP contribution in [0.25, 0.3) is 0 Å². The normalized spacial score (nSPS) is 11.5. The van der Waals surface area contributed by atoms with E-state index in [4.69, 9.17) is 0 Å². The molecule has 1 aromatic rings. The van der Waals surface area contributed by atoms with Gasteiger partial charge in [0.15, 0.2) is 0 Å². The van der Waals surface area contributed by atoms with Crippen molar-refractivity contribution in [3.63, 3.8) is 0 Å². The van der Waals surface area contributed by atoms with Gasteiger partial charge in [-0.25, -0.2) is 0 Å². The van der Waals surface area contributed by atoms with Crippen molar-refractivity contribution in [3.05, 3.63) is 24.2 Å². The summed E-state index contributed by atoms with van der Waals surface area (Å²) in [5.41, 5.74) is -0.231. The topological polar surface area (TPSA) is 30.2 Å². The van der Waals surface area contributed by atoms with E-state index in [1.165, 1.54) is 0 Å². The van der Waals surface area contributed by atoms with Crippen LogP contribution in [0.1, 0.15) is 10.4 Å². The number of carbonyl (C=O) groups is 1. The minimum Gasteiger partial charge on any atom is -0.472 e. The Kier molecular flexibility index (Phi) is 1.95. The maximum atomic E-state index is 12.1. The van der Waals surface area contributed by atoms with E-state index >= 15 is 0 Å². The highest BCUT2D eigenvalue weighted by atomic mass is 35.5. The van der Waals surface area contributed by atoms with Crippen LogP contribution in [0.3, 0.4) is 0 Å². The van der Waals surface area contributed by atoms with Gasteiger partial charge in [-0.05, 0) is 17.7 Å². The van der Waals surface area contributed by atoms with E-state index in [1.807, 2.05) is 0 Å². The number of Topliss-reactive ketones (excluding diaryl/α,β-unsaturated/α-hetero) is 1. The van der Waals surface area contributed by atoms with Crippen molar-refractivity contribution in [2.24, 2.45) is 0 Å². The smallest absolute Gasteiger partial charge is 0.385 e. The fourth-order valence-electron chi connectivity index (χ4n) is 0.557. The lowest BCUT2D eigenvalue weighted by molar-refractivity contribution is 0.0535. The zero-order valence-corrected chi connectivity index (χ0v) is 5.94. The van der Waals surface area contributed by atoms with Crippen LogP contribution in [0.15, 0.2) is 23.0 Å². The van der Waals surface area contributed by atoms with Crippen molar-refractivity contribution in [2.75, 3.05) is 0 Å². The Bertz CT molecular complexity index is 250. The molecule has 0 saturated heterocycles. The van der Waals surface area contributed by atoms with E-state index in [9.17, 15) is 13.6 Å². The third-order valence-electron chi connectivity index (χ3n) is 1.04. The van der Waals surface area contributed by atoms with E-state index < -0.39 is 11.2 Å². The van der Waals surface area contributed by atoms with Gasteiger partial charge in [0, 0.05) is 0 Å². The van der Waals surface area contributed by atoms with E-state index in [0.29, 0.717) is 0 Å². The summed E-state index contributed by atoms with van der Waals surface area (Å²) >= 11 is 4.45. The Labute approximate surface area is 65.8 Å². The Morgan fingerprint density at radius 3 is 2.64 bits per heavy atom. The van der Waals surface area contributed by atoms with Crippen molar-refractivity contribution >= 4 is 17.4 Å². The number of hydrogen-bond acceptors (Lipinski definition) is 2. The molecule has 0 amide bonds. The average Bonchev–Trinajstić information content (AvgIpc) is 2.34. The molecule has 1 aromatic heterocycles. The minimum atomic E-state index is -3.84. The van der Waals surface area contributed by atoms with Gasteiger partial charge in [0.2, 0.25) is 0 Å². The van der Waals surface area contributed by atoms with Crippen LogP contribution in [-0.2, 0) is 0 Å². The lowest BCUT2D eigenvalue weighted by atomic mass is 10.2. The molecule has 0 spiro atoms. The van der Waals surface area contributed by atoms with Gasteiger partial charge in [-0.15, -0.1) is 0 Å². The number of rotatable bonds is 2. The SMILES string of the molecule is O=C(c1ccoc1)C(F)(F)Cl. The zero-order chi connectivity index (χ0) is 8.48. The van der Waals surface area contributed by atoms with Crippen LogP contribution in [0.5, 0.6) is 0 Å². The van der Waals surface area contributed by atoms with Crippen LogP contribution in [0.2, 0.25) is 0 Å². The highest BCUT2D eigenvalue weighted by molar-refractivity contribution is 6.35. The summed E-state index contributed by atoms with van der Waals surface area (Å²) in [6, 6.07) is 1.12. The highest BCUT2D eigenvalue weighted by Gasteiger charge is 2.36. The maximum Gasteiger partial charge on any atom is 0.385 e. The summed E-state index contributed by atoms with van der Waals surface area (Å²) in [6.45, 7) is 0. The lowest BCUT2D eigenvalue weighted by Gasteiger charge is -2.02. The fraction of sp³-hybridized carbons (Fsp3) is 0.167. The second kappa shape index (κ2) is 2.62. The number of carbonyl (C=O) groups excluding carboxylic acids is 1. The Morgan fingerprint density at radius 2 is 2.27 bits per heavy atom. The zero-order valence-electron chi connectivity index (χ0n) is 5.18. The monoisotopic (exact) mass is 180 g/mol. The van der Waals surface area contributed by atoms with Gasteiger partial charge >= 0.3 is 5.38 Å². The molecule has 5 heteroatoms. The summed E-state index contributed by atoms with van der Waals surface area (Å²) in [4.78, 5) is 10.6. The number of furan rings is 1. The Hall–Kier alpha value is -0.900. The molecule has 0 aromatic carbocycles. The fourth-order valence-corrected chi connectivity index (χ4v) is 0.666. The highest BCUT2D eigenvalue weighted by Crippen LogP contribution is 2.24. The number of ketones is 1. The molecule has 0 radical (unpaired) electrons. The van der Waals surface area contributed by atoms with E-state index in [1.54, 1.807) is 0 Å².